The van der Waals surface area contributed by atoms with Crippen LogP contribution in [-0.4, -0.2) is 31.0 Å². The summed E-state index contributed by atoms with van der Waals surface area (Å²) in [6.45, 7) is 3.95. The van der Waals surface area contributed by atoms with Crippen LogP contribution in [0.25, 0.3) is 0 Å². The van der Waals surface area contributed by atoms with E-state index in [1.807, 2.05) is 0 Å². The summed E-state index contributed by atoms with van der Waals surface area (Å²) < 4.78 is 0. The van der Waals surface area contributed by atoms with E-state index in [4.69, 9.17) is 0 Å². The van der Waals surface area contributed by atoms with Gasteiger partial charge in [-0.15, -0.1) is 0 Å². The fraction of sp³-hybridized carbons (Fsp3) is 0.375. The molecule has 0 fully saturated rings. The van der Waals surface area contributed by atoms with E-state index in [2.05, 4.69) is 21.9 Å². The molecular formula is C8H11N3O. The van der Waals surface area contributed by atoms with Gasteiger partial charge >= 0.3 is 0 Å². The molecule has 0 bridgehead atoms. The van der Waals surface area contributed by atoms with Crippen molar-refractivity contribution >= 4 is 18.5 Å². The lowest BCUT2D eigenvalue weighted by Crippen LogP contribution is -2.24. The number of rotatable bonds is 4. The maximum atomic E-state index is 10.7. The number of amides is 1. The Morgan fingerprint density at radius 1 is 1.75 bits per heavy atom. The predicted molar refractivity (Wildman–Crippen MR) is 48.6 cm³/mol. The number of carbonyl (C=O) groups is 1. The molecule has 0 aliphatic carbocycles. The van der Waals surface area contributed by atoms with Crippen molar-refractivity contribution in [3.8, 4) is 0 Å². The molecule has 1 amide bonds. The third-order valence-electron chi connectivity index (χ3n) is 1.51. The standard InChI is InChI=1S/C8H11N3O/c1-2-8(12)10-4-3-7-5-9-6-11-7/h2,5-7H,1,3-4H2,(H,10,12). The second-order valence-corrected chi connectivity index (χ2v) is 2.41. The molecule has 1 aliphatic rings. The van der Waals surface area contributed by atoms with E-state index in [-0.39, 0.29) is 11.9 Å². The molecular weight excluding hydrogens is 154 g/mol. The van der Waals surface area contributed by atoms with Gasteiger partial charge in [-0.1, -0.05) is 6.58 Å². The zero-order valence-corrected chi connectivity index (χ0v) is 6.73. The van der Waals surface area contributed by atoms with Gasteiger partial charge < -0.3 is 5.32 Å². The average Bonchev–Trinajstić information content (AvgIpc) is 2.57. The van der Waals surface area contributed by atoms with Crippen molar-refractivity contribution in [3.63, 3.8) is 0 Å². The molecule has 0 radical (unpaired) electrons. The molecule has 0 saturated carbocycles. The Bertz CT molecular complexity index is 220. The number of nitrogens with zero attached hydrogens (tertiary/aromatic N) is 2. The second kappa shape index (κ2) is 4.43. The summed E-state index contributed by atoms with van der Waals surface area (Å²) in [6.07, 6.45) is 5.34. The van der Waals surface area contributed by atoms with E-state index in [1.165, 1.54) is 12.4 Å². The first-order valence-corrected chi connectivity index (χ1v) is 3.78. The highest BCUT2D eigenvalue weighted by Gasteiger charge is 2.05. The van der Waals surface area contributed by atoms with Crippen LogP contribution in [0.5, 0.6) is 0 Å². The van der Waals surface area contributed by atoms with Crippen LogP contribution < -0.4 is 5.32 Å². The normalized spacial score (nSPS) is 19.5. The van der Waals surface area contributed by atoms with Crippen molar-refractivity contribution in [3.05, 3.63) is 12.7 Å². The van der Waals surface area contributed by atoms with Crippen LogP contribution in [0, 0.1) is 0 Å². The monoisotopic (exact) mass is 165 g/mol. The minimum atomic E-state index is -0.145. The minimum absolute atomic E-state index is 0.134. The molecule has 4 heteroatoms. The van der Waals surface area contributed by atoms with Crippen molar-refractivity contribution in [2.24, 2.45) is 9.98 Å². The van der Waals surface area contributed by atoms with E-state index in [1.54, 1.807) is 6.21 Å². The lowest BCUT2D eigenvalue weighted by molar-refractivity contribution is -0.116. The maximum Gasteiger partial charge on any atom is 0.243 e. The van der Waals surface area contributed by atoms with Gasteiger partial charge in [-0.05, 0) is 12.5 Å². The molecule has 1 N–H and O–H groups in total. The molecule has 0 aromatic carbocycles. The summed E-state index contributed by atoms with van der Waals surface area (Å²) in [4.78, 5) is 18.6. The van der Waals surface area contributed by atoms with E-state index >= 15 is 0 Å². The summed E-state index contributed by atoms with van der Waals surface area (Å²) in [6, 6.07) is 0.134. The average molecular weight is 165 g/mol. The third-order valence-corrected chi connectivity index (χ3v) is 1.51. The second-order valence-electron chi connectivity index (χ2n) is 2.41. The number of hydrogen-bond acceptors (Lipinski definition) is 3. The van der Waals surface area contributed by atoms with Gasteiger partial charge in [0.05, 0.1) is 6.04 Å². The Kier molecular flexibility index (Phi) is 3.19. The first kappa shape index (κ1) is 8.64. The van der Waals surface area contributed by atoms with Crippen molar-refractivity contribution < 1.29 is 4.79 Å². The van der Waals surface area contributed by atoms with E-state index in [0.29, 0.717) is 6.54 Å². The number of aliphatic imine (C=N–C) groups is 2. The molecule has 0 spiro atoms. The Morgan fingerprint density at radius 2 is 2.58 bits per heavy atom. The summed E-state index contributed by atoms with van der Waals surface area (Å²) in [7, 11) is 0. The number of carbonyl (C=O) groups excluding carboxylic acids is 1. The van der Waals surface area contributed by atoms with Gasteiger partial charge in [-0.25, -0.2) is 4.99 Å². The van der Waals surface area contributed by atoms with E-state index in [0.717, 1.165) is 6.42 Å². The molecule has 1 aliphatic heterocycles. The lowest BCUT2D eigenvalue weighted by atomic mass is 10.2. The molecule has 1 unspecified atom stereocenters. The van der Waals surface area contributed by atoms with Crippen molar-refractivity contribution in [2.75, 3.05) is 6.54 Å². The van der Waals surface area contributed by atoms with Crippen LogP contribution in [-0.2, 0) is 4.79 Å². The summed E-state index contributed by atoms with van der Waals surface area (Å²) in [5, 5.41) is 2.67. The SMILES string of the molecule is C=CC(=O)NCCC1C=NC=N1. The van der Waals surface area contributed by atoms with Gasteiger partial charge in [-0.2, -0.15) is 0 Å². The summed E-state index contributed by atoms with van der Waals surface area (Å²) in [5.74, 6) is -0.145. The van der Waals surface area contributed by atoms with Crippen LogP contribution in [0.1, 0.15) is 6.42 Å². The molecule has 1 rings (SSSR count). The van der Waals surface area contributed by atoms with Crippen LogP contribution in [0.15, 0.2) is 22.6 Å². The van der Waals surface area contributed by atoms with Gasteiger partial charge in [0.15, 0.2) is 0 Å². The Morgan fingerprint density at radius 3 is 3.17 bits per heavy atom. The highest BCUT2D eigenvalue weighted by molar-refractivity contribution is 5.87. The highest BCUT2D eigenvalue weighted by Crippen LogP contribution is 1.97. The zero-order valence-electron chi connectivity index (χ0n) is 6.73. The highest BCUT2D eigenvalue weighted by atomic mass is 16.1. The van der Waals surface area contributed by atoms with Crippen molar-refractivity contribution in [2.45, 2.75) is 12.5 Å². The first-order chi connectivity index (χ1) is 5.83. The molecule has 1 heterocycles. The largest absolute Gasteiger partial charge is 0.352 e. The predicted octanol–water partition coefficient (Wildman–Crippen LogP) is 0.160. The fourth-order valence-corrected chi connectivity index (χ4v) is 0.865. The number of nitrogens with one attached hydrogen (secondary N) is 1. The lowest BCUT2D eigenvalue weighted by Gasteiger charge is -2.03. The molecule has 1 atom stereocenters. The van der Waals surface area contributed by atoms with Gasteiger partial charge in [-0.3, -0.25) is 9.79 Å². The fourth-order valence-electron chi connectivity index (χ4n) is 0.865. The van der Waals surface area contributed by atoms with E-state index in [9.17, 15) is 4.79 Å². The molecule has 0 aromatic heterocycles. The topological polar surface area (TPSA) is 53.8 Å². The molecule has 12 heavy (non-hydrogen) atoms. The van der Waals surface area contributed by atoms with Crippen molar-refractivity contribution in [1.29, 1.82) is 0 Å². The summed E-state index contributed by atoms with van der Waals surface area (Å²) in [5.41, 5.74) is 0. The minimum Gasteiger partial charge on any atom is -0.352 e. The summed E-state index contributed by atoms with van der Waals surface area (Å²) >= 11 is 0. The third kappa shape index (κ3) is 2.65. The Hall–Kier alpha value is -1.45. The molecule has 4 nitrogen and oxygen atoms in total. The van der Waals surface area contributed by atoms with E-state index < -0.39 is 0 Å². The Balaban J connectivity index is 2.10. The molecule has 64 valence electrons. The van der Waals surface area contributed by atoms with Gasteiger partial charge in [0.2, 0.25) is 5.91 Å². The van der Waals surface area contributed by atoms with Crippen LogP contribution in [0.4, 0.5) is 0 Å². The zero-order chi connectivity index (χ0) is 8.81. The Labute approximate surface area is 71.1 Å². The molecule has 0 aromatic rings. The van der Waals surface area contributed by atoms with Crippen LogP contribution in [0.2, 0.25) is 0 Å². The van der Waals surface area contributed by atoms with Crippen LogP contribution >= 0.6 is 0 Å². The smallest absolute Gasteiger partial charge is 0.243 e. The van der Waals surface area contributed by atoms with Crippen LogP contribution in [0.3, 0.4) is 0 Å². The van der Waals surface area contributed by atoms with Gasteiger partial charge in [0, 0.05) is 12.8 Å². The number of hydrogen-bond donors (Lipinski definition) is 1. The quantitative estimate of drug-likeness (QED) is 0.593. The van der Waals surface area contributed by atoms with Gasteiger partial charge in [0.25, 0.3) is 0 Å². The first-order valence-electron chi connectivity index (χ1n) is 3.78. The molecule has 0 saturated heterocycles. The maximum absolute atomic E-state index is 10.7. The van der Waals surface area contributed by atoms with Gasteiger partial charge in [0.1, 0.15) is 6.34 Å². The van der Waals surface area contributed by atoms with Crippen molar-refractivity contribution in [1.82, 2.24) is 5.32 Å².